The standard InChI is InChI=1S/C13H20N2O/c1-3-5-9-12(15-14)11-8-6-7-10-13(11)16-4-2/h3,6-8,10,12,15H,1,4-5,9,14H2,2H3. The van der Waals surface area contributed by atoms with E-state index in [0.29, 0.717) is 6.61 Å². The number of nitrogens with one attached hydrogen (secondary N) is 1. The van der Waals surface area contributed by atoms with Crippen LogP contribution in [0.2, 0.25) is 0 Å². The molecule has 16 heavy (non-hydrogen) atoms. The highest BCUT2D eigenvalue weighted by Gasteiger charge is 2.13. The maximum atomic E-state index is 5.58. The average Bonchev–Trinajstić information content (AvgIpc) is 2.32. The summed E-state index contributed by atoms with van der Waals surface area (Å²) >= 11 is 0. The lowest BCUT2D eigenvalue weighted by Gasteiger charge is -2.18. The van der Waals surface area contributed by atoms with Crippen molar-refractivity contribution < 1.29 is 4.74 Å². The smallest absolute Gasteiger partial charge is 0.124 e. The molecule has 0 aliphatic carbocycles. The minimum absolute atomic E-state index is 0.112. The number of para-hydroxylation sites is 1. The number of benzene rings is 1. The minimum Gasteiger partial charge on any atom is -0.494 e. The molecule has 88 valence electrons. The van der Waals surface area contributed by atoms with E-state index in [-0.39, 0.29) is 6.04 Å². The van der Waals surface area contributed by atoms with Crippen LogP contribution in [0.5, 0.6) is 5.75 Å². The highest BCUT2D eigenvalue weighted by molar-refractivity contribution is 5.35. The van der Waals surface area contributed by atoms with Crippen LogP contribution in [0.25, 0.3) is 0 Å². The van der Waals surface area contributed by atoms with E-state index in [1.54, 1.807) is 0 Å². The van der Waals surface area contributed by atoms with Crippen molar-refractivity contribution >= 4 is 0 Å². The summed E-state index contributed by atoms with van der Waals surface area (Å²) in [6, 6.07) is 8.09. The molecule has 0 radical (unpaired) electrons. The maximum absolute atomic E-state index is 5.58. The van der Waals surface area contributed by atoms with E-state index in [4.69, 9.17) is 10.6 Å². The predicted molar refractivity (Wildman–Crippen MR) is 67.1 cm³/mol. The van der Waals surface area contributed by atoms with Crippen LogP contribution in [-0.2, 0) is 0 Å². The van der Waals surface area contributed by atoms with Crippen LogP contribution in [0.15, 0.2) is 36.9 Å². The fourth-order valence-corrected chi connectivity index (χ4v) is 1.67. The lowest BCUT2D eigenvalue weighted by molar-refractivity contribution is 0.330. The van der Waals surface area contributed by atoms with Gasteiger partial charge in [-0.3, -0.25) is 11.3 Å². The second kappa shape index (κ2) is 7.04. The molecule has 1 unspecified atom stereocenters. The Morgan fingerprint density at radius 1 is 1.50 bits per heavy atom. The van der Waals surface area contributed by atoms with E-state index < -0.39 is 0 Å². The van der Waals surface area contributed by atoms with Gasteiger partial charge in [-0.25, -0.2) is 0 Å². The second-order valence-corrected chi connectivity index (χ2v) is 3.56. The molecule has 3 N–H and O–H groups in total. The van der Waals surface area contributed by atoms with Gasteiger partial charge in [0.15, 0.2) is 0 Å². The molecule has 0 spiro atoms. The van der Waals surface area contributed by atoms with Crippen LogP contribution < -0.4 is 16.0 Å². The summed E-state index contributed by atoms with van der Waals surface area (Å²) < 4.78 is 5.58. The number of hydrogen-bond donors (Lipinski definition) is 2. The van der Waals surface area contributed by atoms with Crippen molar-refractivity contribution in [3.05, 3.63) is 42.5 Å². The summed E-state index contributed by atoms with van der Waals surface area (Å²) in [4.78, 5) is 0. The summed E-state index contributed by atoms with van der Waals surface area (Å²) in [5.74, 6) is 6.47. The van der Waals surface area contributed by atoms with Crippen molar-refractivity contribution in [2.24, 2.45) is 5.84 Å². The third kappa shape index (κ3) is 3.36. The topological polar surface area (TPSA) is 47.3 Å². The molecule has 0 aliphatic rings. The van der Waals surface area contributed by atoms with Gasteiger partial charge in [0, 0.05) is 11.6 Å². The molecule has 3 nitrogen and oxygen atoms in total. The summed E-state index contributed by atoms with van der Waals surface area (Å²) in [6.45, 7) is 6.36. The molecule has 1 aromatic carbocycles. The van der Waals surface area contributed by atoms with Crippen molar-refractivity contribution in [2.75, 3.05) is 6.61 Å². The molecule has 0 fully saturated rings. The van der Waals surface area contributed by atoms with Crippen molar-refractivity contribution in [2.45, 2.75) is 25.8 Å². The summed E-state index contributed by atoms with van der Waals surface area (Å²) in [6.07, 6.45) is 3.74. The van der Waals surface area contributed by atoms with Gasteiger partial charge in [0.25, 0.3) is 0 Å². The zero-order valence-corrected chi connectivity index (χ0v) is 9.78. The first-order chi connectivity index (χ1) is 7.83. The van der Waals surface area contributed by atoms with Gasteiger partial charge in [0.2, 0.25) is 0 Å². The van der Waals surface area contributed by atoms with E-state index in [1.807, 2.05) is 37.3 Å². The molecule has 0 saturated heterocycles. The maximum Gasteiger partial charge on any atom is 0.124 e. The van der Waals surface area contributed by atoms with Crippen LogP contribution in [-0.4, -0.2) is 6.61 Å². The van der Waals surface area contributed by atoms with Gasteiger partial charge in [-0.15, -0.1) is 6.58 Å². The van der Waals surface area contributed by atoms with Gasteiger partial charge in [-0.1, -0.05) is 24.3 Å². The number of hydrogen-bond acceptors (Lipinski definition) is 3. The first-order valence-corrected chi connectivity index (χ1v) is 5.62. The quantitative estimate of drug-likeness (QED) is 0.422. The Morgan fingerprint density at radius 3 is 2.88 bits per heavy atom. The molecule has 1 rings (SSSR count). The number of nitrogens with two attached hydrogens (primary N) is 1. The second-order valence-electron chi connectivity index (χ2n) is 3.56. The lowest BCUT2D eigenvalue weighted by atomic mass is 10.0. The van der Waals surface area contributed by atoms with Crippen molar-refractivity contribution in [3.8, 4) is 5.75 Å². The SMILES string of the molecule is C=CCCC(NN)c1ccccc1OCC. The largest absolute Gasteiger partial charge is 0.494 e. The van der Waals surface area contributed by atoms with Crippen LogP contribution in [0.1, 0.15) is 31.4 Å². The van der Waals surface area contributed by atoms with Gasteiger partial charge in [0.1, 0.15) is 5.75 Å². The van der Waals surface area contributed by atoms with Crippen LogP contribution in [0.3, 0.4) is 0 Å². The normalized spacial score (nSPS) is 12.1. The highest BCUT2D eigenvalue weighted by atomic mass is 16.5. The first-order valence-electron chi connectivity index (χ1n) is 5.62. The van der Waals surface area contributed by atoms with Gasteiger partial charge in [-0.05, 0) is 25.8 Å². The van der Waals surface area contributed by atoms with Gasteiger partial charge in [0.05, 0.1) is 6.61 Å². The summed E-state index contributed by atoms with van der Waals surface area (Å²) in [5.41, 5.74) is 3.93. The number of ether oxygens (including phenoxy) is 1. The van der Waals surface area contributed by atoms with Crippen molar-refractivity contribution in [1.82, 2.24) is 5.43 Å². The minimum atomic E-state index is 0.112. The van der Waals surface area contributed by atoms with Crippen molar-refractivity contribution in [3.63, 3.8) is 0 Å². The Kier molecular flexibility index (Phi) is 5.61. The van der Waals surface area contributed by atoms with Gasteiger partial charge in [-0.2, -0.15) is 0 Å². The Morgan fingerprint density at radius 2 is 2.25 bits per heavy atom. The van der Waals surface area contributed by atoms with E-state index in [2.05, 4.69) is 12.0 Å². The van der Waals surface area contributed by atoms with Crippen LogP contribution >= 0.6 is 0 Å². The lowest BCUT2D eigenvalue weighted by Crippen LogP contribution is -2.28. The Balaban J connectivity index is 2.84. The molecule has 0 heterocycles. The zero-order valence-electron chi connectivity index (χ0n) is 9.78. The Hall–Kier alpha value is -1.32. The third-order valence-corrected chi connectivity index (χ3v) is 2.45. The van der Waals surface area contributed by atoms with Gasteiger partial charge >= 0.3 is 0 Å². The fraction of sp³-hybridized carbons (Fsp3) is 0.385. The number of rotatable bonds is 7. The highest BCUT2D eigenvalue weighted by Crippen LogP contribution is 2.27. The summed E-state index contributed by atoms with van der Waals surface area (Å²) in [5, 5.41) is 0. The van der Waals surface area contributed by atoms with Gasteiger partial charge < -0.3 is 4.74 Å². The molecule has 0 saturated carbocycles. The van der Waals surface area contributed by atoms with E-state index in [1.165, 1.54) is 0 Å². The Labute approximate surface area is 97.3 Å². The third-order valence-electron chi connectivity index (χ3n) is 2.45. The molecule has 0 aliphatic heterocycles. The molecule has 0 bridgehead atoms. The van der Waals surface area contributed by atoms with Crippen LogP contribution in [0, 0.1) is 0 Å². The van der Waals surface area contributed by atoms with Crippen LogP contribution in [0.4, 0.5) is 0 Å². The number of hydrazine groups is 1. The first kappa shape index (κ1) is 12.7. The monoisotopic (exact) mass is 220 g/mol. The van der Waals surface area contributed by atoms with E-state index >= 15 is 0 Å². The summed E-state index contributed by atoms with van der Waals surface area (Å²) in [7, 11) is 0. The number of allylic oxidation sites excluding steroid dienone is 1. The molecule has 3 heteroatoms. The molecular weight excluding hydrogens is 200 g/mol. The van der Waals surface area contributed by atoms with E-state index in [9.17, 15) is 0 Å². The Bertz CT molecular complexity index is 325. The zero-order chi connectivity index (χ0) is 11.8. The fourth-order valence-electron chi connectivity index (χ4n) is 1.67. The van der Waals surface area contributed by atoms with E-state index in [0.717, 1.165) is 24.2 Å². The molecular formula is C13H20N2O. The average molecular weight is 220 g/mol. The van der Waals surface area contributed by atoms with Crippen molar-refractivity contribution in [1.29, 1.82) is 0 Å². The molecule has 1 atom stereocenters. The molecule has 1 aromatic rings. The molecule has 0 aromatic heterocycles. The predicted octanol–water partition coefficient (Wildman–Crippen LogP) is 2.56. The molecule has 0 amide bonds.